The minimum Gasteiger partial charge on any atom is -0.396 e. The van der Waals surface area contributed by atoms with E-state index in [1.165, 1.54) is 0 Å². The summed E-state index contributed by atoms with van der Waals surface area (Å²) in [6, 6.07) is 0. The van der Waals surface area contributed by atoms with Gasteiger partial charge in [0.2, 0.25) is 0 Å². The largest absolute Gasteiger partial charge is 0.396 e. The first kappa shape index (κ1) is 8.11. The second kappa shape index (κ2) is 2.57. The van der Waals surface area contributed by atoms with Crippen molar-refractivity contribution in [3.05, 3.63) is 12.4 Å². The normalized spacial score (nSPS) is 11.9. The van der Waals surface area contributed by atoms with Crippen LogP contribution in [0.4, 0.5) is 5.69 Å². The molecule has 0 unspecified atom stereocenters. The molecule has 3 heteroatoms. The van der Waals surface area contributed by atoms with E-state index in [0.717, 1.165) is 12.2 Å². The van der Waals surface area contributed by atoms with Crippen LogP contribution in [0.3, 0.4) is 0 Å². The maximum Gasteiger partial charge on any atom is 0.0719 e. The van der Waals surface area contributed by atoms with Crippen molar-refractivity contribution in [2.24, 2.45) is 5.41 Å². The summed E-state index contributed by atoms with van der Waals surface area (Å²) in [5.74, 6) is 0. The SMILES string of the molecule is CC(C)(C)Cn1cc(N)cn1. The fourth-order valence-corrected chi connectivity index (χ4v) is 0.952. The van der Waals surface area contributed by atoms with E-state index in [9.17, 15) is 0 Å². The molecule has 0 fully saturated rings. The van der Waals surface area contributed by atoms with Crippen molar-refractivity contribution in [3.8, 4) is 0 Å². The Labute approximate surface area is 67.2 Å². The molecular weight excluding hydrogens is 138 g/mol. The van der Waals surface area contributed by atoms with Gasteiger partial charge in [-0.25, -0.2) is 0 Å². The van der Waals surface area contributed by atoms with Crippen LogP contribution in [0.15, 0.2) is 12.4 Å². The highest BCUT2D eigenvalue weighted by atomic mass is 15.3. The van der Waals surface area contributed by atoms with E-state index in [1.807, 2.05) is 10.9 Å². The Balaban J connectivity index is 2.65. The Hall–Kier alpha value is -0.990. The number of nitrogens with two attached hydrogens (primary N) is 1. The van der Waals surface area contributed by atoms with E-state index in [1.54, 1.807) is 6.20 Å². The first-order chi connectivity index (χ1) is 4.97. The quantitative estimate of drug-likeness (QED) is 0.664. The molecule has 0 aliphatic rings. The third-order valence-electron chi connectivity index (χ3n) is 1.29. The standard InChI is InChI=1S/C8H15N3/c1-8(2,3)6-11-5-7(9)4-10-11/h4-5H,6,9H2,1-3H3. The summed E-state index contributed by atoms with van der Waals surface area (Å²) in [6.07, 6.45) is 3.52. The van der Waals surface area contributed by atoms with Gasteiger partial charge in [-0.05, 0) is 5.41 Å². The van der Waals surface area contributed by atoms with Gasteiger partial charge in [0.1, 0.15) is 0 Å². The predicted molar refractivity (Wildman–Crippen MR) is 46.1 cm³/mol. The highest BCUT2D eigenvalue weighted by Gasteiger charge is 2.10. The maximum absolute atomic E-state index is 5.51. The van der Waals surface area contributed by atoms with Crippen molar-refractivity contribution in [1.29, 1.82) is 0 Å². The van der Waals surface area contributed by atoms with Crippen molar-refractivity contribution >= 4 is 5.69 Å². The zero-order valence-electron chi connectivity index (χ0n) is 7.33. The van der Waals surface area contributed by atoms with Crippen molar-refractivity contribution in [2.75, 3.05) is 5.73 Å². The molecule has 0 amide bonds. The van der Waals surface area contributed by atoms with Gasteiger partial charge >= 0.3 is 0 Å². The van der Waals surface area contributed by atoms with Gasteiger partial charge in [-0.3, -0.25) is 4.68 Å². The van der Waals surface area contributed by atoms with Crippen LogP contribution in [0.1, 0.15) is 20.8 Å². The van der Waals surface area contributed by atoms with Gasteiger partial charge in [0, 0.05) is 12.7 Å². The van der Waals surface area contributed by atoms with E-state index >= 15 is 0 Å². The van der Waals surface area contributed by atoms with Gasteiger partial charge in [0.15, 0.2) is 0 Å². The molecule has 0 radical (unpaired) electrons. The molecule has 62 valence electrons. The predicted octanol–water partition coefficient (Wildman–Crippen LogP) is 1.51. The molecule has 11 heavy (non-hydrogen) atoms. The van der Waals surface area contributed by atoms with Gasteiger partial charge in [-0.2, -0.15) is 5.10 Å². The number of hydrogen-bond donors (Lipinski definition) is 1. The summed E-state index contributed by atoms with van der Waals surface area (Å²) in [5.41, 5.74) is 6.51. The van der Waals surface area contributed by atoms with Gasteiger partial charge < -0.3 is 5.73 Å². The molecule has 1 heterocycles. The molecule has 1 aromatic heterocycles. The molecule has 0 spiro atoms. The lowest BCUT2D eigenvalue weighted by Gasteiger charge is -2.17. The highest BCUT2D eigenvalue weighted by molar-refractivity contribution is 5.30. The summed E-state index contributed by atoms with van der Waals surface area (Å²) in [4.78, 5) is 0. The number of nitrogens with zero attached hydrogens (tertiary/aromatic N) is 2. The Morgan fingerprint density at radius 2 is 2.18 bits per heavy atom. The minimum absolute atomic E-state index is 0.262. The number of hydrogen-bond acceptors (Lipinski definition) is 2. The number of rotatable bonds is 1. The van der Waals surface area contributed by atoms with Crippen LogP contribution in [-0.4, -0.2) is 9.78 Å². The molecule has 0 bridgehead atoms. The molecule has 1 aromatic rings. The van der Waals surface area contributed by atoms with Crippen LogP contribution < -0.4 is 5.73 Å². The molecule has 0 aliphatic carbocycles. The molecule has 2 N–H and O–H groups in total. The van der Waals surface area contributed by atoms with Gasteiger partial charge in [-0.1, -0.05) is 20.8 Å². The highest BCUT2D eigenvalue weighted by Crippen LogP contribution is 2.15. The molecule has 0 aliphatic heterocycles. The average molecular weight is 153 g/mol. The molecule has 3 nitrogen and oxygen atoms in total. The molecule has 1 rings (SSSR count). The summed E-state index contributed by atoms with van der Waals surface area (Å²) < 4.78 is 1.87. The fourth-order valence-electron chi connectivity index (χ4n) is 0.952. The lowest BCUT2D eigenvalue weighted by Crippen LogP contribution is -2.15. The molecular formula is C8H15N3. The van der Waals surface area contributed by atoms with Crippen molar-refractivity contribution in [3.63, 3.8) is 0 Å². The van der Waals surface area contributed by atoms with E-state index < -0.39 is 0 Å². The lowest BCUT2D eigenvalue weighted by molar-refractivity contribution is 0.325. The molecule has 0 saturated heterocycles. The summed E-state index contributed by atoms with van der Waals surface area (Å²) in [7, 11) is 0. The Kier molecular flexibility index (Phi) is 1.89. The minimum atomic E-state index is 0.262. The topological polar surface area (TPSA) is 43.8 Å². The van der Waals surface area contributed by atoms with Crippen molar-refractivity contribution in [2.45, 2.75) is 27.3 Å². The second-order valence-corrected chi connectivity index (χ2v) is 4.03. The van der Waals surface area contributed by atoms with E-state index in [2.05, 4.69) is 25.9 Å². The Morgan fingerprint density at radius 3 is 2.55 bits per heavy atom. The summed E-state index contributed by atoms with van der Waals surface area (Å²) >= 11 is 0. The van der Waals surface area contributed by atoms with E-state index in [0.29, 0.717) is 0 Å². The fraction of sp³-hybridized carbons (Fsp3) is 0.625. The van der Waals surface area contributed by atoms with E-state index in [4.69, 9.17) is 5.73 Å². The van der Waals surface area contributed by atoms with Crippen molar-refractivity contribution < 1.29 is 0 Å². The van der Waals surface area contributed by atoms with Crippen LogP contribution in [0.5, 0.6) is 0 Å². The van der Waals surface area contributed by atoms with Crippen LogP contribution in [0, 0.1) is 5.41 Å². The first-order valence-electron chi connectivity index (χ1n) is 3.75. The third-order valence-corrected chi connectivity index (χ3v) is 1.29. The summed E-state index contributed by atoms with van der Waals surface area (Å²) in [5, 5.41) is 4.09. The van der Waals surface area contributed by atoms with Gasteiger partial charge in [-0.15, -0.1) is 0 Å². The van der Waals surface area contributed by atoms with Crippen molar-refractivity contribution in [1.82, 2.24) is 9.78 Å². The summed E-state index contributed by atoms with van der Waals surface area (Å²) in [6.45, 7) is 7.42. The third kappa shape index (κ3) is 2.62. The maximum atomic E-state index is 5.51. The monoisotopic (exact) mass is 153 g/mol. The van der Waals surface area contributed by atoms with Crippen LogP contribution >= 0.6 is 0 Å². The zero-order chi connectivity index (χ0) is 8.48. The van der Waals surface area contributed by atoms with Crippen LogP contribution in [0.2, 0.25) is 0 Å². The molecule has 0 saturated carbocycles. The van der Waals surface area contributed by atoms with Crippen LogP contribution in [-0.2, 0) is 6.54 Å². The zero-order valence-corrected chi connectivity index (χ0v) is 7.33. The van der Waals surface area contributed by atoms with Gasteiger partial charge in [0.05, 0.1) is 11.9 Å². The molecule has 0 atom stereocenters. The molecule has 0 aromatic carbocycles. The first-order valence-corrected chi connectivity index (χ1v) is 3.75. The second-order valence-electron chi connectivity index (χ2n) is 4.03. The Morgan fingerprint density at radius 1 is 1.55 bits per heavy atom. The number of anilines is 1. The number of aromatic nitrogens is 2. The Bertz CT molecular complexity index is 232. The average Bonchev–Trinajstić information content (AvgIpc) is 2.10. The van der Waals surface area contributed by atoms with Gasteiger partial charge in [0.25, 0.3) is 0 Å². The van der Waals surface area contributed by atoms with Crippen LogP contribution in [0.25, 0.3) is 0 Å². The lowest BCUT2D eigenvalue weighted by atomic mass is 9.97. The van der Waals surface area contributed by atoms with E-state index in [-0.39, 0.29) is 5.41 Å². The smallest absolute Gasteiger partial charge is 0.0719 e. The number of nitrogen functional groups attached to an aromatic ring is 1.